The normalized spacial score (nSPS) is 25.7. The molecule has 2 aliphatic rings. The minimum absolute atomic E-state index is 0.0490. The lowest BCUT2D eigenvalue weighted by Crippen LogP contribution is -2.28. The van der Waals surface area contributed by atoms with Crippen LogP contribution in [-0.2, 0) is 28.9 Å². The summed E-state index contributed by atoms with van der Waals surface area (Å²) in [6.07, 6.45) is 4.70. The molecule has 1 aliphatic carbocycles. The molecule has 5 heteroatoms. The van der Waals surface area contributed by atoms with E-state index >= 15 is 0 Å². The molecule has 0 radical (unpaired) electrons. The molecule has 0 saturated carbocycles. The fraction of sp³-hybridized carbons (Fsp3) is 0.643. The van der Waals surface area contributed by atoms with E-state index < -0.39 is 12.1 Å². The van der Waals surface area contributed by atoms with E-state index in [-0.39, 0.29) is 6.10 Å². The summed E-state index contributed by atoms with van der Waals surface area (Å²) in [6.45, 7) is 1.61. The van der Waals surface area contributed by atoms with Gasteiger partial charge in [0.05, 0.1) is 6.10 Å². The molecule has 4 nitrogen and oxygen atoms in total. The van der Waals surface area contributed by atoms with Crippen LogP contribution >= 0.6 is 11.3 Å². The number of carboxylic acid groups (broad SMARTS) is 1. The zero-order valence-corrected chi connectivity index (χ0v) is 11.7. The van der Waals surface area contributed by atoms with E-state index in [2.05, 4.69) is 11.4 Å². The maximum Gasteiger partial charge on any atom is 0.332 e. The van der Waals surface area contributed by atoms with Crippen molar-refractivity contribution in [2.45, 2.75) is 50.9 Å². The first-order chi connectivity index (χ1) is 9.22. The number of carbonyl (C=O) groups is 1. The molecule has 1 aromatic heterocycles. The van der Waals surface area contributed by atoms with E-state index in [9.17, 15) is 4.79 Å². The summed E-state index contributed by atoms with van der Waals surface area (Å²) in [7, 11) is 0. The van der Waals surface area contributed by atoms with Crippen molar-refractivity contribution in [3.8, 4) is 0 Å². The van der Waals surface area contributed by atoms with Crippen molar-refractivity contribution in [3.63, 3.8) is 0 Å². The van der Waals surface area contributed by atoms with Gasteiger partial charge < -0.3 is 15.2 Å². The molecule has 1 fully saturated rings. The van der Waals surface area contributed by atoms with Gasteiger partial charge in [-0.1, -0.05) is 0 Å². The van der Waals surface area contributed by atoms with Crippen LogP contribution < -0.4 is 5.32 Å². The number of hydrogen-bond acceptors (Lipinski definition) is 4. The average Bonchev–Trinajstić information content (AvgIpc) is 3.02. The molecule has 0 amide bonds. The van der Waals surface area contributed by atoms with Crippen molar-refractivity contribution in [2.24, 2.45) is 0 Å². The number of hydrogen-bond donors (Lipinski definition) is 2. The third kappa shape index (κ3) is 2.99. The Labute approximate surface area is 116 Å². The van der Waals surface area contributed by atoms with Gasteiger partial charge in [0, 0.05) is 22.8 Å². The molecule has 1 aliphatic heterocycles. The maximum atomic E-state index is 10.8. The van der Waals surface area contributed by atoms with Crippen molar-refractivity contribution in [1.82, 2.24) is 5.32 Å². The van der Waals surface area contributed by atoms with Gasteiger partial charge in [0.2, 0.25) is 0 Å². The fourth-order valence-electron chi connectivity index (χ4n) is 2.87. The van der Waals surface area contributed by atoms with Crippen molar-refractivity contribution in [3.05, 3.63) is 21.4 Å². The monoisotopic (exact) mass is 281 g/mol. The van der Waals surface area contributed by atoms with Gasteiger partial charge in [-0.3, -0.25) is 0 Å². The van der Waals surface area contributed by atoms with Gasteiger partial charge in [-0.25, -0.2) is 4.79 Å². The van der Waals surface area contributed by atoms with Gasteiger partial charge >= 0.3 is 5.97 Å². The number of fused-ring (bicyclic) bond motifs is 1. The minimum Gasteiger partial charge on any atom is -0.479 e. The highest BCUT2D eigenvalue weighted by Crippen LogP contribution is 2.30. The molecule has 1 aromatic rings. The topological polar surface area (TPSA) is 58.6 Å². The fourth-order valence-corrected chi connectivity index (χ4v) is 4.10. The highest BCUT2D eigenvalue weighted by molar-refractivity contribution is 7.12. The quantitative estimate of drug-likeness (QED) is 0.866. The summed E-state index contributed by atoms with van der Waals surface area (Å²) in [4.78, 5) is 13.7. The Hall–Kier alpha value is -0.910. The molecule has 1 saturated heterocycles. The predicted molar refractivity (Wildman–Crippen MR) is 73.6 cm³/mol. The van der Waals surface area contributed by atoms with Crippen LogP contribution in [0.5, 0.6) is 0 Å². The predicted octanol–water partition coefficient (Wildman–Crippen LogP) is 1.96. The summed E-state index contributed by atoms with van der Waals surface area (Å²) in [6, 6.07) is 2.32. The molecule has 0 bridgehead atoms. The van der Waals surface area contributed by atoms with Crippen LogP contribution in [0.25, 0.3) is 0 Å². The van der Waals surface area contributed by atoms with Gasteiger partial charge in [-0.2, -0.15) is 0 Å². The van der Waals surface area contributed by atoms with E-state index in [1.807, 2.05) is 11.3 Å². The van der Waals surface area contributed by atoms with Gasteiger partial charge in [0.25, 0.3) is 0 Å². The zero-order valence-electron chi connectivity index (χ0n) is 10.9. The van der Waals surface area contributed by atoms with Crippen LogP contribution in [0.4, 0.5) is 0 Å². The van der Waals surface area contributed by atoms with Crippen LogP contribution in [-0.4, -0.2) is 29.8 Å². The molecule has 104 valence electrons. The Morgan fingerprint density at radius 2 is 2.37 bits per heavy atom. The van der Waals surface area contributed by atoms with Crippen molar-refractivity contribution < 1.29 is 14.6 Å². The van der Waals surface area contributed by atoms with Gasteiger partial charge in [0.15, 0.2) is 6.10 Å². The Morgan fingerprint density at radius 1 is 1.47 bits per heavy atom. The molecule has 0 spiro atoms. The number of ether oxygens (including phenoxy) is 1. The molecule has 2 N–H and O–H groups in total. The second-order valence-corrected chi connectivity index (χ2v) is 6.53. The summed E-state index contributed by atoms with van der Waals surface area (Å²) in [5, 5.41) is 12.2. The summed E-state index contributed by atoms with van der Waals surface area (Å²) < 4.78 is 5.46. The average molecular weight is 281 g/mol. The van der Waals surface area contributed by atoms with Gasteiger partial charge in [0.1, 0.15) is 0 Å². The molecule has 2 unspecified atom stereocenters. The Morgan fingerprint density at radius 3 is 3.11 bits per heavy atom. The zero-order chi connectivity index (χ0) is 13.2. The Bertz CT molecular complexity index is 450. The van der Waals surface area contributed by atoms with Crippen LogP contribution in [0.2, 0.25) is 0 Å². The molecule has 2 heterocycles. The van der Waals surface area contributed by atoms with Crippen molar-refractivity contribution in [1.29, 1.82) is 0 Å². The Balaban J connectivity index is 1.42. The minimum atomic E-state index is -0.836. The van der Waals surface area contributed by atoms with E-state index in [1.54, 1.807) is 4.88 Å². The van der Waals surface area contributed by atoms with Gasteiger partial charge in [-0.15, -0.1) is 11.3 Å². The van der Waals surface area contributed by atoms with E-state index in [0.717, 1.165) is 19.5 Å². The highest BCUT2D eigenvalue weighted by Gasteiger charge is 2.30. The Kier molecular flexibility index (Phi) is 3.86. The SMILES string of the molecule is O=C(O)C1CCC(CNCc2cc3c(s2)CCC3)O1. The first-order valence-electron chi connectivity index (χ1n) is 6.92. The smallest absolute Gasteiger partial charge is 0.332 e. The third-order valence-electron chi connectivity index (χ3n) is 3.85. The molecule has 3 rings (SSSR count). The van der Waals surface area contributed by atoms with Crippen molar-refractivity contribution in [2.75, 3.05) is 6.54 Å². The highest BCUT2D eigenvalue weighted by atomic mass is 32.1. The van der Waals surface area contributed by atoms with Crippen LogP contribution in [0.15, 0.2) is 6.07 Å². The second kappa shape index (κ2) is 5.61. The lowest BCUT2D eigenvalue weighted by molar-refractivity contribution is -0.149. The summed E-state index contributed by atoms with van der Waals surface area (Å²) in [5.74, 6) is -0.836. The van der Waals surface area contributed by atoms with Crippen molar-refractivity contribution >= 4 is 17.3 Å². The lowest BCUT2D eigenvalue weighted by Gasteiger charge is -2.11. The number of nitrogens with one attached hydrogen (secondary N) is 1. The first-order valence-corrected chi connectivity index (χ1v) is 7.73. The van der Waals surface area contributed by atoms with Crippen LogP contribution in [0, 0.1) is 0 Å². The van der Waals surface area contributed by atoms with E-state index in [1.165, 1.54) is 29.7 Å². The number of carboxylic acids is 1. The standard InChI is InChI=1S/C14H19NO3S/c16-14(17)12-5-4-10(18-12)7-15-8-11-6-9-2-1-3-13(9)19-11/h6,10,12,15H,1-5,7-8H2,(H,16,17). The number of rotatable bonds is 5. The number of thiophene rings is 1. The molecule has 0 aromatic carbocycles. The van der Waals surface area contributed by atoms with E-state index in [0.29, 0.717) is 6.42 Å². The van der Waals surface area contributed by atoms with E-state index in [4.69, 9.17) is 9.84 Å². The van der Waals surface area contributed by atoms with Gasteiger partial charge in [-0.05, 0) is 43.7 Å². The second-order valence-electron chi connectivity index (χ2n) is 5.31. The van der Waals surface area contributed by atoms with Crippen LogP contribution in [0.3, 0.4) is 0 Å². The number of aryl methyl sites for hydroxylation is 2. The molecule has 2 atom stereocenters. The first kappa shape index (κ1) is 13.1. The third-order valence-corrected chi connectivity index (χ3v) is 5.09. The largest absolute Gasteiger partial charge is 0.479 e. The lowest BCUT2D eigenvalue weighted by atomic mass is 10.2. The molecular weight excluding hydrogens is 262 g/mol. The molecular formula is C14H19NO3S. The molecule has 19 heavy (non-hydrogen) atoms. The van der Waals surface area contributed by atoms with Crippen LogP contribution in [0.1, 0.15) is 34.6 Å². The summed E-state index contributed by atoms with van der Waals surface area (Å²) >= 11 is 1.91. The summed E-state index contributed by atoms with van der Waals surface area (Å²) in [5.41, 5.74) is 1.53. The number of aliphatic carboxylic acids is 1. The maximum absolute atomic E-state index is 10.8.